The fraction of sp³-hybridized carbons (Fsp3) is 0.688. The van der Waals surface area contributed by atoms with Gasteiger partial charge in [-0.3, -0.25) is 0 Å². The summed E-state index contributed by atoms with van der Waals surface area (Å²) in [7, 11) is -3.48. The highest BCUT2D eigenvalue weighted by atomic mass is 32.2. The van der Waals surface area contributed by atoms with Crippen molar-refractivity contribution in [2.24, 2.45) is 0 Å². The minimum absolute atomic E-state index is 0.354. The van der Waals surface area contributed by atoms with E-state index in [4.69, 9.17) is 4.74 Å². The SMILES string of the molecule is Cc1cnc(NC2CCCCC2)cc1S(=O)(=O)N1CCOCC1. The molecule has 0 unspecified atom stereocenters. The zero-order chi connectivity index (χ0) is 16.3. The Hall–Kier alpha value is -1.18. The van der Waals surface area contributed by atoms with Gasteiger partial charge in [-0.1, -0.05) is 19.3 Å². The average Bonchev–Trinajstić information content (AvgIpc) is 2.58. The van der Waals surface area contributed by atoms with E-state index in [0.29, 0.717) is 48.6 Å². The van der Waals surface area contributed by atoms with Gasteiger partial charge in [0, 0.05) is 31.4 Å². The fourth-order valence-corrected chi connectivity index (χ4v) is 4.87. The first kappa shape index (κ1) is 16.7. The Morgan fingerprint density at radius 2 is 1.91 bits per heavy atom. The molecule has 0 radical (unpaired) electrons. The molecule has 3 rings (SSSR count). The number of anilines is 1. The molecule has 2 heterocycles. The van der Waals surface area contributed by atoms with Crippen LogP contribution in [-0.2, 0) is 14.8 Å². The second-order valence-corrected chi connectivity index (χ2v) is 8.24. The lowest BCUT2D eigenvalue weighted by Gasteiger charge is -2.27. The van der Waals surface area contributed by atoms with Crippen LogP contribution in [0.4, 0.5) is 5.82 Å². The summed E-state index contributed by atoms with van der Waals surface area (Å²) in [6.07, 6.45) is 7.64. The molecule has 1 aromatic heterocycles. The lowest BCUT2D eigenvalue weighted by atomic mass is 9.95. The quantitative estimate of drug-likeness (QED) is 0.910. The second-order valence-electron chi connectivity index (χ2n) is 6.33. The van der Waals surface area contributed by atoms with Crippen molar-refractivity contribution >= 4 is 15.8 Å². The molecule has 6 nitrogen and oxygen atoms in total. The standard InChI is InChI=1S/C16H25N3O3S/c1-13-12-17-16(18-14-5-3-2-4-6-14)11-15(13)23(20,21)19-7-9-22-10-8-19/h11-12,14H,2-10H2,1H3,(H,17,18). The Kier molecular flexibility index (Phi) is 5.18. The van der Waals surface area contributed by atoms with Gasteiger partial charge in [-0.25, -0.2) is 13.4 Å². The van der Waals surface area contributed by atoms with Crippen molar-refractivity contribution in [1.82, 2.24) is 9.29 Å². The number of ether oxygens (including phenoxy) is 1. The van der Waals surface area contributed by atoms with Gasteiger partial charge in [-0.2, -0.15) is 4.31 Å². The second kappa shape index (κ2) is 7.15. The maximum atomic E-state index is 12.9. The number of nitrogens with one attached hydrogen (secondary N) is 1. The number of nitrogens with zero attached hydrogens (tertiary/aromatic N) is 2. The molecule has 7 heteroatoms. The highest BCUT2D eigenvalue weighted by Crippen LogP contribution is 2.25. The van der Waals surface area contributed by atoms with Crippen molar-refractivity contribution in [3.8, 4) is 0 Å². The minimum Gasteiger partial charge on any atom is -0.379 e. The van der Waals surface area contributed by atoms with Gasteiger partial charge in [0.25, 0.3) is 0 Å². The van der Waals surface area contributed by atoms with Gasteiger partial charge < -0.3 is 10.1 Å². The smallest absolute Gasteiger partial charge is 0.243 e. The van der Waals surface area contributed by atoms with E-state index in [2.05, 4.69) is 10.3 Å². The number of aryl methyl sites for hydroxylation is 1. The molecule has 0 spiro atoms. The first-order chi connectivity index (χ1) is 11.1. The molecule has 2 aliphatic rings. The molecule has 1 aliphatic carbocycles. The number of rotatable bonds is 4. The van der Waals surface area contributed by atoms with Crippen molar-refractivity contribution in [1.29, 1.82) is 0 Å². The summed E-state index contributed by atoms with van der Waals surface area (Å²) in [5.41, 5.74) is 0.686. The van der Waals surface area contributed by atoms with E-state index in [1.807, 2.05) is 0 Å². The highest BCUT2D eigenvalue weighted by molar-refractivity contribution is 7.89. The molecule has 1 aliphatic heterocycles. The Morgan fingerprint density at radius 3 is 2.61 bits per heavy atom. The van der Waals surface area contributed by atoms with Crippen molar-refractivity contribution in [2.75, 3.05) is 31.6 Å². The van der Waals surface area contributed by atoms with E-state index in [1.54, 1.807) is 19.2 Å². The van der Waals surface area contributed by atoms with Crippen molar-refractivity contribution in [2.45, 2.75) is 50.0 Å². The summed E-state index contributed by atoms with van der Waals surface area (Å²) < 4.78 is 32.5. The molecule has 0 aromatic carbocycles. The van der Waals surface area contributed by atoms with Crippen LogP contribution in [0, 0.1) is 6.92 Å². The van der Waals surface area contributed by atoms with Gasteiger partial charge in [0.1, 0.15) is 5.82 Å². The maximum Gasteiger partial charge on any atom is 0.243 e. The zero-order valence-electron chi connectivity index (χ0n) is 13.6. The van der Waals surface area contributed by atoms with E-state index in [1.165, 1.54) is 23.6 Å². The molecular weight excluding hydrogens is 314 g/mol. The van der Waals surface area contributed by atoms with E-state index < -0.39 is 10.0 Å². The Labute approximate surface area is 138 Å². The zero-order valence-corrected chi connectivity index (χ0v) is 14.4. The van der Waals surface area contributed by atoms with E-state index in [0.717, 1.165) is 12.8 Å². The molecule has 2 fully saturated rings. The Balaban J connectivity index is 1.81. The molecule has 1 aromatic rings. The van der Waals surface area contributed by atoms with Crippen molar-refractivity contribution in [3.63, 3.8) is 0 Å². The van der Waals surface area contributed by atoms with E-state index >= 15 is 0 Å². The predicted molar refractivity (Wildman–Crippen MR) is 89.0 cm³/mol. The Bertz CT molecular complexity index is 636. The summed E-state index contributed by atoms with van der Waals surface area (Å²) in [6, 6.07) is 2.09. The summed E-state index contributed by atoms with van der Waals surface area (Å²) in [6.45, 7) is 3.53. The van der Waals surface area contributed by atoms with Gasteiger partial charge in [0.2, 0.25) is 10.0 Å². The molecule has 1 N–H and O–H groups in total. The van der Waals surface area contributed by atoms with Gasteiger partial charge in [-0.05, 0) is 25.3 Å². The summed E-state index contributed by atoms with van der Waals surface area (Å²) in [5, 5.41) is 3.40. The summed E-state index contributed by atoms with van der Waals surface area (Å²) in [4.78, 5) is 4.73. The molecule has 23 heavy (non-hydrogen) atoms. The van der Waals surface area contributed by atoms with Crippen LogP contribution in [0.15, 0.2) is 17.2 Å². The van der Waals surface area contributed by atoms with E-state index in [-0.39, 0.29) is 0 Å². The summed E-state index contributed by atoms with van der Waals surface area (Å²) >= 11 is 0. The monoisotopic (exact) mass is 339 g/mol. The molecule has 1 saturated carbocycles. The molecule has 0 atom stereocenters. The first-order valence-corrected chi connectivity index (χ1v) is 9.82. The molecule has 128 valence electrons. The number of sulfonamides is 1. The van der Waals surface area contributed by atoms with Gasteiger partial charge in [0.05, 0.1) is 18.1 Å². The van der Waals surface area contributed by atoms with Gasteiger partial charge in [-0.15, -0.1) is 0 Å². The van der Waals surface area contributed by atoms with Crippen LogP contribution in [0.3, 0.4) is 0 Å². The number of aromatic nitrogens is 1. The fourth-order valence-electron chi connectivity index (χ4n) is 3.24. The average molecular weight is 339 g/mol. The number of morpholine rings is 1. The Morgan fingerprint density at radius 1 is 1.22 bits per heavy atom. The normalized spacial score (nSPS) is 21.3. The van der Waals surface area contributed by atoms with Gasteiger partial charge in [0.15, 0.2) is 0 Å². The third kappa shape index (κ3) is 3.84. The number of pyridine rings is 1. The lowest BCUT2D eigenvalue weighted by molar-refractivity contribution is 0.0730. The largest absolute Gasteiger partial charge is 0.379 e. The molecule has 0 bridgehead atoms. The van der Waals surface area contributed by atoms with E-state index in [9.17, 15) is 8.42 Å². The van der Waals surface area contributed by atoms with Crippen LogP contribution in [0.25, 0.3) is 0 Å². The van der Waals surface area contributed by atoms with Crippen LogP contribution in [0.2, 0.25) is 0 Å². The van der Waals surface area contributed by atoms with Crippen LogP contribution in [0.1, 0.15) is 37.7 Å². The molecule has 0 amide bonds. The topological polar surface area (TPSA) is 71.5 Å². The number of hydrogen-bond acceptors (Lipinski definition) is 5. The molecular formula is C16H25N3O3S. The van der Waals surface area contributed by atoms with Crippen LogP contribution in [-0.4, -0.2) is 50.1 Å². The third-order valence-corrected chi connectivity index (χ3v) is 6.64. The number of hydrogen-bond donors (Lipinski definition) is 1. The molecule has 1 saturated heterocycles. The van der Waals surface area contributed by atoms with Crippen LogP contribution in [0.5, 0.6) is 0 Å². The summed E-state index contributed by atoms with van der Waals surface area (Å²) in [5.74, 6) is 0.661. The lowest BCUT2D eigenvalue weighted by Crippen LogP contribution is -2.40. The van der Waals surface area contributed by atoms with Crippen molar-refractivity contribution < 1.29 is 13.2 Å². The van der Waals surface area contributed by atoms with Crippen LogP contribution >= 0.6 is 0 Å². The van der Waals surface area contributed by atoms with Crippen LogP contribution < -0.4 is 5.32 Å². The highest BCUT2D eigenvalue weighted by Gasteiger charge is 2.28. The maximum absolute atomic E-state index is 12.9. The van der Waals surface area contributed by atoms with Gasteiger partial charge >= 0.3 is 0 Å². The first-order valence-electron chi connectivity index (χ1n) is 8.38. The third-order valence-electron chi connectivity index (χ3n) is 4.60. The van der Waals surface area contributed by atoms with Crippen molar-refractivity contribution in [3.05, 3.63) is 17.8 Å². The predicted octanol–water partition coefficient (Wildman–Crippen LogP) is 2.16. The minimum atomic E-state index is -3.48.